The number of anilines is 1. The topological polar surface area (TPSA) is 83.8 Å². The smallest absolute Gasteiger partial charge is 0.245 e. The van der Waals surface area contributed by atoms with Crippen molar-refractivity contribution in [3.05, 3.63) is 11.8 Å². The van der Waals surface area contributed by atoms with Crippen LogP contribution < -0.4 is 11.1 Å². The fraction of sp³-hybridized carbons (Fsp3) is 0.556. The zero-order valence-electron chi connectivity index (χ0n) is 8.13. The summed E-state index contributed by atoms with van der Waals surface area (Å²) >= 11 is 0. The number of aromatic nitrogens is 2. The Morgan fingerprint density at radius 2 is 2.43 bits per heavy atom. The van der Waals surface area contributed by atoms with E-state index in [0.717, 1.165) is 25.0 Å². The Kier molecular flexibility index (Phi) is 2.03. The van der Waals surface area contributed by atoms with Crippen LogP contribution in [-0.4, -0.2) is 21.6 Å². The van der Waals surface area contributed by atoms with Gasteiger partial charge >= 0.3 is 0 Å². The van der Waals surface area contributed by atoms with E-state index in [9.17, 15) is 4.79 Å². The first kappa shape index (κ1) is 9.21. The van der Waals surface area contributed by atoms with Crippen LogP contribution in [0.2, 0.25) is 0 Å². The van der Waals surface area contributed by atoms with E-state index in [-0.39, 0.29) is 5.91 Å². The quantitative estimate of drug-likeness (QED) is 0.642. The van der Waals surface area contributed by atoms with Gasteiger partial charge in [-0.2, -0.15) is 5.10 Å². The maximum Gasteiger partial charge on any atom is 0.245 e. The minimum Gasteiger partial charge on any atom is -0.317 e. The molecule has 0 spiro atoms. The van der Waals surface area contributed by atoms with Crippen LogP contribution >= 0.6 is 0 Å². The number of hydrogen-bond acceptors (Lipinski definition) is 3. The van der Waals surface area contributed by atoms with Gasteiger partial charge in [0, 0.05) is 11.8 Å². The maximum absolute atomic E-state index is 11.6. The summed E-state index contributed by atoms with van der Waals surface area (Å²) in [5, 5.41) is 9.37. The van der Waals surface area contributed by atoms with Crippen LogP contribution in [0, 0.1) is 6.92 Å². The Hall–Kier alpha value is -1.36. The van der Waals surface area contributed by atoms with Crippen LogP contribution in [0.15, 0.2) is 6.07 Å². The van der Waals surface area contributed by atoms with Crippen molar-refractivity contribution in [3.8, 4) is 0 Å². The Morgan fingerprint density at radius 3 is 2.86 bits per heavy atom. The molecule has 5 heteroatoms. The number of carbonyl (C=O) groups excluding carboxylic acids is 1. The average Bonchev–Trinajstić information content (AvgIpc) is 2.47. The molecule has 5 nitrogen and oxygen atoms in total. The number of nitrogens with two attached hydrogens (primary N) is 1. The van der Waals surface area contributed by atoms with E-state index in [4.69, 9.17) is 5.73 Å². The average molecular weight is 194 g/mol. The molecule has 1 aliphatic carbocycles. The molecular formula is C9H14N4O. The minimum absolute atomic E-state index is 0.129. The lowest BCUT2D eigenvalue weighted by Crippen LogP contribution is -2.56. The lowest BCUT2D eigenvalue weighted by Gasteiger charge is -2.35. The van der Waals surface area contributed by atoms with E-state index in [1.807, 2.05) is 6.92 Å². The first-order chi connectivity index (χ1) is 6.60. The van der Waals surface area contributed by atoms with E-state index in [0.29, 0.717) is 5.82 Å². The third kappa shape index (κ3) is 1.50. The number of nitrogens with zero attached hydrogens (tertiary/aromatic N) is 1. The Balaban J connectivity index is 2.01. The van der Waals surface area contributed by atoms with Crippen LogP contribution in [0.3, 0.4) is 0 Å². The summed E-state index contributed by atoms with van der Waals surface area (Å²) in [5.74, 6) is 0.416. The van der Waals surface area contributed by atoms with Gasteiger partial charge in [0.15, 0.2) is 5.82 Å². The van der Waals surface area contributed by atoms with Crippen LogP contribution in [0.1, 0.15) is 25.0 Å². The highest BCUT2D eigenvalue weighted by atomic mass is 16.2. The Morgan fingerprint density at radius 1 is 1.71 bits per heavy atom. The molecule has 0 unspecified atom stereocenters. The molecule has 76 valence electrons. The second-order valence-corrected chi connectivity index (χ2v) is 3.90. The van der Waals surface area contributed by atoms with Gasteiger partial charge in [-0.25, -0.2) is 0 Å². The number of aromatic amines is 1. The zero-order chi connectivity index (χ0) is 10.2. The van der Waals surface area contributed by atoms with E-state index in [1.54, 1.807) is 6.07 Å². The van der Waals surface area contributed by atoms with Gasteiger partial charge in [0.2, 0.25) is 5.91 Å². The molecule has 0 radical (unpaired) electrons. The summed E-state index contributed by atoms with van der Waals surface area (Å²) in [6, 6.07) is 1.78. The molecule has 0 saturated heterocycles. The molecule has 0 atom stereocenters. The molecule has 14 heavy (non-hydrogen) atoms. The van der Waals surface area contributed by atoms with Gasteiger partial charge in [-0.1, -0.05) is 0 Å². The van der Waals surface area contributed by atoms with Crippen LogP contribution in [0.4, 0.5) is 5.82 Å². The number of amides is 1. The van der Waals surface area contributed by atoms with Crippen molar-refractivity contribution in [1.29, 1.82) is 0 Å². The van der Waals surface area contributed by atoms with Crippen molar-refractivity contribution < 1.29 is 4.79 Å². The summed E-state index contributed by atoms with van der Waals surface area (Å²) in [7, 11) is 0. The zero-order valence-corrected chi connectivity index (χ0v) is 8.13. The standard InChI is InChI=1S/C9H14N4O/c1-6-5-7(13-12-6)11-8(14)9(10)3-2-4-9/h5H,2-4,10H2,1H3,(H2,11,12,13,14). The number of rotatable bonds is 2. The van der Waals surface area contributed by atoms with Gasteiger partial charge in [0.25, 0.3) is 0 Å². The summed E-state index contributed by atoms with van der Waals surface area (Å²) in [5.41, 5.74) is 6.11. The van der Waals surface area contributed by atoms with Gasteiger partial charge in [-0.05, 0) is 26.2 Å². The molecule has 1 saturated carbocycles. The summed E-state index contributed by atoms with van der Waals surface area (Å²) in [4.78, 5) is 11.6. The van der Waals surface area contributed by atoms with E-state index in [2.05, 4.69) is 15.5 Å². The van der Waals surface area contributed by atoms with Crippen molar-refractivity contribution in [2.75, 3.05) is 5.32 Å². The molecule has 4 N–H and O–H groups in total. The number of aryl methyl sites for hydroxylation is 1. The first-order valence-corrected chi connectivity index (χ1v) is 4.72. The third-order valence-electron chi connectivity index (χ3n) is 2.65. The molecule has 1 aromatic rings. The normalized spacial score (nSPS) is 18.7. The third-order valence-corrected chi connectivity index (χ3v) is 2.65. The highest BCUT2D eigenvalue weighted by Gasteiger charge is 2.40. The second kappa shape index (κ2) is 3.09. The van der Waals surface area contributed by atoms with Crippen LogP contribution in [0.5, 0.6) is 0 Å². The largest absolute Gasteiger partial charge is 0.317 e. The fourth-order valence-corrected chi connectivity index (χ4v) is 1.51. The van der Waals surface area contributed by atoms with Crippen molar-refractivity contribution in [3.63, 3.8) is 0 Å². The minimum atomic E-state index is -0.660. The molecule has 2 rings (SSSR count). The highest BCUT2D eigenvalue weighted by Crippen LogP contribution is 2.29. The summed E-state index contributed by atoms with van der Waals surface area (Å²) < 4.78 is 0. The SMILES string of the molecule is Cc1cc(NC(=O)C2(N)CCC2)n[nH]1. The number of carbonyl (C=O) groups is 1. The van der Waals surface area contributed by atoms with Crippen molar-refractivity contribution >= 4 is 11.7 Å². The second-order valence-electron chi connectivity index (χ2n) is 3.90. The highest BCUT2D eigenvalue weighted by molar-refractivity contribution is 5.97. The van der Waals surface area contributed by atoms with Gasteiger partial charge in [-0.3, -0.25) is 9.89 Å². The van der Waals surface area contributed by atoms with E-state index >= 15 is 0 Å². The van der Waals surface area contributed by atoms with Crippen molar-refractivity contribution in [2.24, 2.45) is 5.73 Å². The molecule has 0 bridgehead atoms. The van der Waals surface area contributed by atoms with Crippen LogP contribution in [-0.2, 0) is 4.79 Å². The Bertz CT molecular complexity index is 353. The fourth-order valence-electron chi connectivity index (χ4n) is 1.51. The molecular weight excluding hydrogens is 180 g/mol. The lowest BCUT2D eigenvalue weighted by atomic mass is 9.77. The molecule has 1 aliphatic rings. The molecule has 0 aliphatic heterocycles. The van der Waals surface area contributed by atoms with Crippen LogP contribution in [0.25, 0.3) is 0 Å². The number of H-pyrrole nitrogens is 1. The van der Waals surface area contributed by atoms with Gasteiger partial charge in [0.05, 0.1) is 5.54 Å². The molecule has 1 amide bonds. The first-order valence-electron chi connectivity index (χ1n) is 4.72. The van der Waals surface area contributed by atoms with Gasteiger partial charge < -0.3 is 11.1 Å². The lowest BCUT2D eigenvalue weighted by molar-refractivity contribution is -0.123. The summed E-state index contributed by atoms with van der Waals surface area (Å²) in [6.07, 6.45) is 2.56. The number of hydrogen-bond donors (Lipinski definition) is 3. The van der Waals surface area contributed by atoms with Gasteiger partial charge in [-0.15, -0.1) is 0 Å². The van der Waals surface area contributed by atoms with Crippen molar-refractivity contribution in [2.45, 2.75) is 31.7 Å². The Labute approximate surface area is 82.1 Å². The molecule has 1 aromatic heterocycles. The predicted octanol–water partition coefficient (Wildman–Crippen LogP) is 0.538. The molecule has 0 aromatic carbocycles. The summed E-state index contributed by atoms with van der Waals surface area (Å²) in [6.45, 7) is 1.88. The predicted molar refractivity (Wildman–Crippen MR) is 52.7 cm³/mol. The number of nitrogens with one attached hydrogen (secondary N) is 2. The molecule has 1 heterocycles. The van der Waals surface area contributed by atoms with Gasteiger partial charge in [0.1, 0.15) is 0 Å². The molecule has 1 fully saturated rings. The van der Waals surface area contributed by atoms with E-state index < -0.39 is 5.54 Å². The van der Waals surface area contributed by atoms with E-state index in [1.165, 1.54) is 0 Å². The monoisotopic (exact) mass is 194 g/mol. The maximum atomic E-state index is 11.6. The van der Waals surface area contributed by atoms with Crippen molar-refractivity contribution in [1.82, 2.24) is 10.2 Å².